The van der Waals surface area contributed by atoms with Gasteiger partial charge in [-0.3, -0.25) is 9.59 Å². The van der Waals surface area contributed by atoms with Crippen LogP contribution in [0, 0.1) is 5.92 Å². The van der Waals surface area contributed by atoms with E-state index in [9.17, 15) is 9.59 Å². The van der Waals surface area contributed by atoms with Crippen molar-refractivity contribution in [3.63, 3.8) is 0 Å². The van der Waals surface area contributed by atoms with E-state index in [1.807, 2.05) is 16.3 Å². The van der Waals surface area contributed by atoms with Crippen molar-refractivity contribution in [2.75, 3.05) is 31.1 Å². The lowest BCUT2D eigenvalue weighted by Crippen LogP contribution is -2.57. The summed E-state index contributed by atoms with van der Waals surface area (Å²) in [6.45, 7) is 4.02. The number of nitrogens with zero attached hydrogens (tertiary/aromatic N) is 3. The summed E-state index contributed by atoms with van der Waals surface area (Å²) >= 11 is 1.57. The minimum atomic E-state index is -0.101. The molecule has 1 N–H and O–H groups in total. The molecule has 0 unspecified atom stereocenters. The third-order valence-corrected chi connectivity index (χ3v) is 6.93. The average Bonchev–Trinajstić information content (AvgIpc) is 3.27. The Bertz CT molecular complexity index is 872. The molecule has 2 aromatic rings. The maximum absolute atomic E-state index is 12.8. The number of thiophene rings is 1. The van der Waals surface area contributed by atoms with Crippen LogP contribution >= 0.6 is 11.3 Å². The number of nitrogens with one attached hydrogen (secondary N) is 1. The lowest BCUT2D eigenvalue weighted by molar-refractivity contribution is -0.117. The molecule has 2 aromatic heterocycles. The van der Waals surface area contributed by atoms with Crippen molar-refractivity contribution < 1.29 is 9.59 Å². The summed E-state index contributed by atoms with van der Waals surface area (Å²) in [4.78, 5) is 33.5. The first kappa shape index (κ1) is 16.2. The van der Waals surface area contributed by atoms with Crippen LogP contribution in [0.1, 0.15) is 36.2 Å². The maximum atomic E-state index is 12.8. The van der Waals surface area contributed by atoms with Crippen LogP contribution in [0.15, 0.2) is 17.6 Å². The SMILES string of the molecule is O=C(N[C@H]1CN2CCC1CC2)c1cc2c(N3CCCC3=O)csc2cn1. The van der Waals surface area contributed by atoms with Gasteiger partial charge >= 0.3 is 0 Å². The van der Waals surface area contributed by atoms with E-state index in [4.69, 9.17) is 0 Å². The van der Waals surface area contributed by atoms with Crippen LogP contribution < -0.4 is 10.2 Å². The second-order valence-corrected chi connectivity index (χ2v) is 8.46. The van der Waals surface area contributed by atoms with E-state index in [-0.39, 0.29) is 17.9 Å². The number of hydrogen-bond donors (Lipinski definition) is 1. The number of amides is 2. The van der Waals surface area contributed by atoms with Crippen LogP contribution in [-0.4, -0.2) is 53.9 Å². The van der Waals surface area contributed by atoms with Gasteiger partial charge in [-0.15, -0.1) is 11.3 Å². The van der Waals surface area contributed by atoms with Crippen LogP contribution in [0.3, 0.4) is 0 Å². The molecule has 4 fully saturated rings. The summed E-state index contributed by atoms with van der Waals surface area (Å²) < 4.78 is 1.01. The van der Waals surface area contributed by atoms with Gasteiger partial charge in [0.1, 0.15) is 5.69 Å². The second-order valence-electron chi connectivity index (χ2n) is 7.55. The first-order valence-electron chi connectivity index (χ1n) is 9.40. The number of carbonyl (C=O) groups excluding carboxylic acids is 2. The smallest absolute Gasteiger partial charge is 0.270 e. The van der Waals surface area contributed by atoms with Crippen LogP contribution in [-0.2, 0) is 4.79 Å². The molecule has 0 radical (unpaired) electrons. The van der Waals surface area contributed by atoms with E-state index >= 15 is 0 Å². The molecule has 4 aliphatic heterocycles. The van der Waals surface area contributed by atoms with Gasteiger partial charge < -0.3 is 15.1 Å². The molecule has 6 rings (SSSR count). The second kappa shape index (κ2) is 6.32. The number of rotatable bonds is 3. The normalized spacial score (nSPS) is 28.1. The van der Waals surface area contributed by atoms with Gasteiger partial charge in [0.15, 0.2) is 0 Å². The van der Waals surface area contributed by atoms with Crippen molar-refractivity contribution in [1.29, 1.82) is 0 Å². The van der Waals surface area contributed by atoms with E-state index in [2.05, 4.69) is 15.2 Å². The fraction of sp³-hybridized carbons (Fsp3) is 0.526. The fourth-order valence-electron chi connectivity index (χ4n) is 4.53. The maximum Gasteiger partial charge on any atom is 0.270 e. The van der Waals surface area contributed by atoms with Crippen molar-refractivity contribution in [2.45, 2.75) is 31.7 Å². The molecule has 0 spiro atoms. The van der Waals surface area contributed by atoms with E-state index in [0.29, 0.717) is 18.0 Å². The van der Waals surface area contributed by atoms with Gasteiger partial charge in [-0.1, -0.05) is 0 Å². The summed E-state index contributed by atoms with van der Waals surface area (Å²) in [6.07, 6.45) is 5.60. The Kier molecular flexibility index (Phi) is 3.94. The predicted molar refractivity (Wildman–Crippen MR) is 102 cm³/mol. The number of anilines is 1. The number of fused-ring (bicyclic) bond motifs is 4. The molecule has 0 aromatic carbocycles. The summed E-state index contributed by atoms with van der Waals surface area (Å²) in [5.41, 5.74) is 1.37. The van der Waals surface area contributed by atoms with Gasteiger partial charge in [-0.25, -0.2) is 4.98 Å². The van der Waals surface area contributed by atoms with Gasteiger partial charge in [0, 0.05) is 42.5 Å². The number of aromatic nitrogens is 1. The van der Waals surface area contributed by atoms with Crippen molar-refractivity contribution in [2.24, 2.45) is 5.92 Å². The lowest BCUT2D eigenvalue weighted by atomic mass is 9.84. The van der Waals surface area contributed by atoms with Crippen molar-refractivity contribution in [3.05, 3.63) is 23.3 Å². The highest BCUT2D eigenvalue weighted by molar-refractivity contribution is 7.17. The lowest BCUT2D eigenvalue weighted by Gasteiger charge is -2.44. The molecule has 0 saturated carbocycles. The highest BCUT2D eigenvalue weighted by Crippen LogP contribution is 2.35. The third-order valence-electron chi connectivity index (χ3n) is 6.01. The van der Waals surface area contributed by atoms with Gasteiger partial charge in [-0.05, 0) is 44.3 Å². The number of pyridine rings is 1. The van der Waals surface area contributed by atoms with E-state index in [1.54, 1.807) is 17.5 Å². The van der Waals surface area contributed by atoms with Gasteiger partial charge in [0.25, 0.3) is 5.91 Å². The fourth-order valence-corrected chi connectivity index (χ4v) is 5.42. The standard InChI is InChI=1S/C19H22N4O2S/c24-18-2-1-5-23(18)16-11-26-17-9-20-14(8-13(16)17)19(25)21-15-10-22-6-3-12(15)4-7-22/h8-9,11-12,15H,1-7,10H2,(H,21,25)/t15-/m0/s1. The van der Waals surface area contributed by atoms with Gasteiger partial charge in [0.2, 0.25) is 5.91 Å². The molecule has 2 amide bonds. The molecule has 4 saturated heterocycles. The van der Waals surface area contributed by atoms with E-state index in [1.165, 1.54) is 12.8 Å². The Morgan fingerprint density at radius 1 is 1.27 bits per heavy atom. The van der Waals surface area contributed by atoms with Crippen molar-refractivity contribution in [3.8, 4) is 0 Å². The zero-order valence-corrected chi connectivity index (χ0v) is 15.4. The highest BCUT2D eigenvalue weighted by atomic mass is 32.1. The first-order chi connectivity index (χ1) is 12.7. The number of piperidine rings is 3. The zero-order valence-electron chi connectivity index (χ0n) is 14.6. The van der Waals surface area contributed by atoms with E-state index < -0.39 is 0 Å². The van der Waals surface area contributed by atoms with Crippen LogP contribution in [0.5, 0.6) is 0 Å². The molecule has 136 valence electrons. The monoisotopic (exact) mass is 370 g/mol. The summed E-state index contributed by atoms with van der Waals surface area (Å²) in [5.74, 6) is 0.655. The molecule has 0 aliphatic carbocycles. The van der Waals surface area contributed by atoms with E-state index in [0.717, 1.165) is 48.4 Å². The Labute approximate surface area is 156 Å². The van der Waals surface area contributed by atoms with Crippen LogP contribution in [0.2, 0.25) is 0 Å². The van der Waals surface area contributed by atoms with Gasteiger partial charge in [0.05, 0.1) is 10.4 Å². The molecule has 1 atom stereocenters. The number of hydrogen-bond acceptors (Lipinski definition) is 5. The molecule has 6 heterocycles. The zero-order chi connectivity index (χ0) is 17.7. The molecule has 7 heteroatoms. The largest absolute Gasteiger partial charge is 0.346 e. The third kappa shape index (κ3) is 2.70. The molecule has 2 bridgehead atoms. The Balaban J connectivity index is 1.40. The molecular formula is C19H22N4O2S. The Morgan fingerprint density at radius 2 is 2.12 bits per heavy atom. The molecule has 4 aliphatic rings. The quantitative estimate of drug-likeness (QED) is 0.900. The van der Waals surface area contributed by atoms with Crippen molar-refractivity contribution >= 4 is 38.9 Å². The van der Waals surface area contributed by atoms with Crippen molar-refractivity contribution in [1.82, 2.24) is 15.2 Å². The minimum Gasteiger partial charge on any atom is -0.346 e. The highest BCUT2D eigenvalue weighted by Gasteiger charge is 2.35. The van der Waals surface area contributed by atoms with Gasteiger partial charge in [-0.2, -0.15) is 0 Å². The average molecular weight is 370 g/mol. The Morgan fingerprint density at radius 3 is 2.81 bits per heavy atom. The predicted octanol–water partition coefficient (Wildman–Crippen LogP) is 2.25. The topological polar surface area (TPSA) is 65.5 Å². The first-order valence-corrected chi connectivity index (χ1v) is 10.3. The summed E-state index contributed by atoms with van der Waals surface area (Å²) in [5, 5.41) is 6.16. The molecule has 26 heavy (non-hydrogen) atoms. The van der Waals surface area contributed by atoms with Crippen LogP contribution in [0.4, 0.5) is 5.69 Å². The minimum absolute atomic E-state index is 0.101. The number of carbonyl (C=O) groups is 2. The molecule has 6 nitrogen and oxygen atoms in total. The summed E-state index contributed by atoms with van der Waals surface area (Å²) in [7, 11) is 0. The Hall–Kier alpha value is -1.99. The van der Waals surface area contributed by atoms with Crippen LogP contribution in [0.25, 0.3) is 10.1 Å². The summed E-state index contributed by atoms with van der Waals surface area (Å²) in [6, 6.07) is 2.08. The molecular weight excluding hydrogens is 348 g/mol.